The first-order valence-corrected chi connectivity index (χ1v) is 10.2. The summed E-state index contributed by atoms with van der Waals surface area (Å²) < 4.78 is 18.8. The molecule has 4 rings (SSSR count). The van der Waals surface area contributed by atoms with E-state index in [4.69, 9.17) is 10.5 Å². The summed E-state index contributed by atoms with van der Waals surface area (Å²) in [5.74, 6) is 0.810. The Morgan fingerprint density at radius 1 is 0.938 bits per heavy atom. The maximum Gasteiger partial charge on any atom is 0.155 e. The van der Waals surface area contributed by atoms with Gasteiger partial charge in [-0.1, -0.05) is 12.1 Å². The molecule has 0 radical (unpaired) electrons. The Hall–Kier alpha value is -3.90. The number of hydrogen-bond acceptors (Lipinski definition) is 5. The lowest BCUT2D eigenvalue weighted by Crippen LogP contribution is -2.34. The van der Waals surface area contributed by atoms with Gasteiger partial charge in [0.2, 0.25) is 0 Å². The van der Waals surface area contributed by atoms with Crippen LogP contribution >= 0.6 is 0 Å². The van der Waals surface area contributed by atoms with E-state index in [0.29, 0.717) is 23.6 Å². The first kappa shape index (κ1) is 21.3. The van der Waals surface area contributed by atoms with Crippen molar-refractivity contribution in [1.29, 1.82) is 0 Å². The molecule has 4 aromatic rings. The van der Waals surface area contributed by atoms with Crippen molar-refractivity contribution in [2.75, 3.05) is 0 Å². The van der Waals surface area contributed by atoms with E-state index in [9.17, 15) is 9.18 Å². The summed E-state index contributed by atoms with van der Waals surface area (Å²) >= 11 is 0. The minimum atomic E-state index is -0.604. The SMILES string of the molecule is N[C@@H](Cc1cccnc1)C(=O)Cc1cccc(-c2ccc(Oc3ccc(F)cc3)cc2)n1. The van der Waals surface area contributed by atoms with Gasteiger partial charge in [0.05, 0.1) is 18.2 Å². The molecule has 5 nitrogen and oxygen atoms in total. The molecule has 0 bridgehead atoms. The molecule has 0 amide bonds. The van der Waals surface area contributed by atoms with Crippen molar-refractivity contribution in [3.63, 3.8) is 0 Å². The molecule has 6 heteroatoms. The van der Waals surface area contributed by atoms with E-state index in [0.717, 1.165) is 16.8 Å². The van der Waals surface area contributed by atoms with Crippen LogP contribution in [-0.4, -0.2) is 21.8 Å². The average molecular weight is 427 g/mol. The van der Waals surface area contributed by atoms with Crippen molar-refractivity contribution in [3.05, 3.63) is 108 Å². The van der Waals surface area contributed by atoms with E-state index in [1.807, 2.05) is 54.6 Å². The number of aromatic nitrogens is 2. The average Bonchev–Trinajstić information content (AvgIpc) is 2.82. The van der Waals surface area contributed by atoms with Crippen LogP contribution in [0.2, 0.25) is 0 Å². The molecule has 0 aliphatic rings. The van der Waals surface area contributed by atoms with Crippen molar-refractivity contribution in [2.24, 2.45) is 5.73 Å². The second-order valence-electron chi connectivity index (χ2n) is 7.41. The Labute approximate surface area is 185 Å². The smallest absolute Gasteiger partial charge is 0.155 e. The van der Waals surface area contributed by atoms with Gasteiger partial charge >= 0.3 is 0 Å². The van der Waals surface area contributed by atoms with Crippen LogP contribution < -0.4 is 10.5 Å². The minimum absolute atomic E-state index is 0.0680. The van der Waals surface area contributed by atoms with Crippen LogP contribution in [0.4, 0.5) is 4.39 Å². The summed E-state index contributed by atoms with van der Waals surface area (Å²) in [6, 6.07) is 22.0. The number of carbonyl (C=O) groups excluding carboxylic acids is 1. The zero-order chi connectivity index (χ0) is 22.3. The number of benzene rings is 2. The summed E-state index contributed by atoms with van der Waals surface area (Å²) in [5.41, 5.74) is 9.34. The van der Waals surface area contributed by atoms with Gasteiger partial charge in [-0.15, -0.1) is 0 Å². The number of rotatable bonds is 8. The van der Waals surface area contributed by atoms with E-state index in [-0.39, 0.29) is 18.0 Å². The molecule has 2 aromatic carbocycles. The maximum atomic E-state index is 13.0. The van der Waals surface area contributed by atoms with E-state index in [1.54, 1.807) is 24.5 Å². The molecule has 2 N–H and O–H groups in total. The van der Waals surface area contributed by atoms with Crippen LogP contribution in [-0.2, 0) is 17.6 Å². The van der Waals surface area contributed by atoms with Crippen molar-refractivity contribution in [1.82, 2.24) is 9.97 Å². The fourth-order valence-electron chi connectivity index (χ4n) is 3.27. The monoisotopic (exact) mass is 427 g/mol. The van der Waals surface area contributed by atoms with Crippen molar-refractivity contribution >= 4 is 5.78 Å². The predicted molar refractivity (Wildman–Crippen MR) is 121 cm³/mol. The third kappa shape index (κ3) is 5.62. The van der Waals surface area contributed by atoms with Gasteiger partial charge in [0.15, 0.2) is 5.78 Å². The Bertz CT molecular complexity index is 1180. The topological polar surface area (TPSA) is 78.1 Å². The summed E-state index contributed by atoms with van der Waals surface area (Å²) in [4.78, 5) is 21.3. The highest BCUT2D eigenvalue weighted by Gasteiger charge is 2.16. The van der Waals surface area contributed by atoms with Crippen LogP contribution in [0.5, 0.6) is 11.5 Å². The molecular formula is C26H22FN3O2. The first-order chi connectivity index (χ1) is 15.6. The van der Waals surface area contributed by atoms with Gasteiger partial charge in [-0.2, -0.15) is 0 Å². The Balaban J connectivity index is 1.41. The Morgan fingerprint density at radius 3 is 2.34 bits per heavy atom. The quantitative estimate of drug-likeness (QED) is 0.439. The van der Waals surface area contributed by atoms with E-state index < -0.39 is 6.04 Å². The molecule has 0 aliphatic carbocycles. The van der Waals surface area contributed by atoms with Gasteiger partial charge in [0, 0.05) is 23.7 Å². The number of ether oxygens (including phenoxy) is 1. The fourth-order valence-corrected chi connectivity index (χ4v) is 3.27. The molecule has 2 aromatic heterocycles. The maximum absolute atomic E-state index is 13.0. The Kier molecular flexibility index (Phi) is 6.63. The number of nitrogens with zero attached hydrogens (tertiary/aromatic N) is 2. The highest BCUT2D eigenvalue weighted by atomic mass is 19.1. The van der Waals surface area contributed by atoms with Gasteiger partial charge in [-0.3, -0.25) is 14.8 Å². The van der Waals surface area contributed by atoms with Crippen molar-refractivity contribution in [2.45, 2.75) is 18.9 Å². The molecule has 0 saturated carbocycles. The summed E-state index contributed by atoms with van der Waals surface area (Å²) in [6.07, 6.45) is 4.02. The molecule has 0 saturated heterocycles. The van der Waals surface area contributed by atoms with Gasteiger partial charge in [-0.05, 0) is 78.7 Å². The second-order valence-corrected chi connectivity index (χ2v) is 7.41. The normalized spacial score (nSPS) is 11.7. The second kappa shape index (κ2) is 9.94. The molecular weight excluding hydrogens is 405 g/mol. The third-order valence-corrected chi connectivity index (χ3v) is 4.95. The minimum Gasteiger partial charge on any atom is -0.457 e. The predicted octanol–water partition coefficient (Wildman–Crippen LogP) is 4.76. The fraction of sp³-hybridized carbons (Fsp3) is 0.115. The summed E-state index contributed by atoms with van der Waals surface area (Å²) in [7, 11) is 0. The number of carbonyl (C=O) groups is 1. The highest BCUT2D eigenvalue weighted by Crippen LogP contribution is 2.25. The zero-order valence-corrected chi connectivity index (χ0v) is 17.3. The van der Waals surface area contributed by atoms with Crippen LogP contribution in [0.15, 0.2) is 91.3 Å². The van der Waals surface area contributed by atoms with E-state index >= 15 is 0 Å². The van der Waals surface area contributed by atoms with Gasteiger partial charge in [-0.25, -0.2) is 4.39 Å². The molecule has 0 aliphatic heterocycles. The van der Waals surface area contributed by atoms with Crippen LogP contribution in [0.1, 0.15) is 11.3 Å². The van der Waals surface area contributed by atoms with Gasteiger partial charge < -0.3 is 10.5 Å². The van der Waals surface area contributed by atoms with Crippen molar-refractivity contribution < 1.29 is 13.9 Å². The third-order valence-electron chi connectivity index (χ3n) is 4.95. The number of Topliss-reactive ketones (excluding diaryl/α,β-unsaturated/α-hetero) is 1. The Morgan fingerprint density at radius 2 is 1.66 bits per heavy atom. The largest absolute Gasteiger partial charge is 0.457 e. The lowest BCUT2D eigenvalue weighted by Gasteiger charge is -2.11. The van der Waals surface area contributed by atoms with Crippen LogP contribution in [0.3, 0.4) is 0 Å². The molecule has 0 spiro atoms. The molecule has 2 heterocycles. The van der Waals surface area contributed by atoms with Crippen LogP contribution in [0, 0.1) is 5.82 Å². The summed E-state index contributed by atoms with van der Waals surface area (Å²) in [6.45, 7) is 0. The van der Waals surface area contributed by atoms with E-state index in [2.05, 4.69) is 9.97 Å². The number of pyridine rings is 2. The standard InChI is InChI=1S/C26H22FN3O2/c27-20-8-12-23(13-9-20)32-22-10-6-19(7-11-22)25-5-1-4-21(30-25)16-26(31)24(28)15-18-3-2-14-29-17-18/h1-14,17,24H,15-16,28H2/t24-/m0/s1. The molecule has 32 heavy (non-hydrogen) atoms. The van der Waals surface area contributed by atoms with Gasteiger partial charge in [0.25, 0.3) is 0 Å². The van der Waals surface area contributed by atoms with Gasteiger partial charge in [0.1, 0.15) is 17.3 Å². The molecule has 0 fully saturated rings. The molecule has 0 unspecified atom stereocenters. The zero-order valence-electron chi connectivity index (χ0n) is 17.3. The molecule has 1 atom stereocenters. The highest BCUT2D eigenvalue weighted by molar-refractivity contribution is 5.86. The van der Waals surface area contributed by atoms with Crippen LogP contribution in [0.25, 0.3) is 11.3 Å². The lowest BCUT2D eigenvalue weighted by atomic mass is 10.0. The number of nitrogens with two attached hydrogens (primary N) is 1. The number of halogens is 1. The van der Waals surface area contributed by atoms with Crippen molar-refractivity contribution in [3.8, 4) is 22.8 Å². The van der Waals surface area contributed by atoms with E-state index in [1.165, 1.54) is 12.1 Å². The number of hydrogen-bond donors (Lipinski definition) is 1. The molecule has 160 valence electrons. The lowest BCUT2D eigenvalue weighted by molar-refractivity contribution is -0.119. The first-order valence-electron chi connectivity index (χ1n) is 10.2. The number of ketones is 1. The summed E-state index contributed by atoms with van der Waals surface area (Å²) in [5, 5.41) is 0.